The molecular weight excluding hydrogens is 392 g/mol. The molecule has 0 aliphatic rings. The minimum absolute atomic E-state index is 0.357. The summed E-state index contributed by atoms with van der Waals surface area (Å²) in [7, 11) is 4.38. The highest BCUT2D eigenvalue weighted by Crippen LogP contribution is 2.39. The van der Waals surface area contributed by atoms with Crippen LogP contribution in [0.2, 0.25) is 0 Å². The summed E-state index contributed by atoms with van der Waals surface area (Å²) in [4.78, 5) is 35.9. The number of carbonyl (C=O) groups excluding carboxylic acids is 3. The largest absolute Gasteiger partial charge is 0.493 e. The van der Waals surface area contributed by atoms with Crippen LogP contribution in [0.25, 0.3) is 0 Å². The third kappa shape index (κ3) is 6.13. The van der Waals surface area contributed by atoms with Gasteiger partial charge in [0.15, 0.2) is 18.1 Å². The monoisotopic (exact) mass is 416 g/mol. The van der Waals surface area contributed by atoms with Gasteiger partial charge in [-0.25, -0.2) is 0 Å². The molecule has 0 radical (unpaired) electrons. The van der Waals surface area contributed by atoms with Gasteiger partial charge in [-0.3, -0.25) is 14.4 Å². The summed E-state index contributed by atoms with van der Waals surface area (Å²) in [5.41, 5.74) is 1.82. The maximum absolute atomic E-state index is 12.1. The van der Waals surface area contributed by atoms with Gasteiger partial charge in [0.2, 0.25) is 5.75 Å². The average molecular weight is 416 g/mol. The number of hydrogen-bond donors (Lipinski definition) is 2. The first-order valence-electron chi connectivity index (χ1n) is 8.98. The third-order valence-electron chi connectivity index (χ3n) is 4.02. The summed E-state index contributed by atoms with van der Waals surface area (Å²) in [6, 6.07) is 9.98. The molecule has 9 nitrogen and oxygen atoms in total. The van der Waals surface area contributed by atoms with Crippen molar-refractivity contribution in [2.45, 2.75) is 6.92 Å². The Kier molecular flexibility index (Phi) is 8.04. The molecule has 2 rings (SSSR count). The van der Waals surface area contributed by atoms with Gasteiger partial charge in [0.05, 0.1) is 21.3 Å². The SMILES string of the molecule is COc1cc(NC(=O)COC(=O)CNC(=O)c2ccc(C)cc2)cc(OC)c1OC. The molecule has 30 heavy (non-hydrogen) atoms. The molecule has 9 heteroatoms. The predicted octanol–water partition coefficient (Wildman–Crippen LogP) is 1.93. The standard InChI is InChI=1S/C21H24N2O7/c1-13-5-7-14(8-6-13)21(26)22-11-19(25)30-12-18(24)23-15-9-16(27-2)20(29-4)17(10-15)28-3/h5-10H,11-12H2,1-4H3,(H,22,26)(H,23,24). The van der Waals surface area contributed by atoms with E-state index in [4.69, 9.17) is 18.9 Å². The van der Waals surface area contributed by atoms with E-state index in [-0.39, 0.29) is 6.54 Å². The smallest absolute Gasteiger partial charge is 0.325 e. The number of amides is 2. The maximum atomic E-state index is 12.1. The lowest BCUT2D eigenvalue weighted by molar-refractivity contribution is -0.146. The number of ether oxygens (including phenoxy) is 4. The number of carbonyl (C=O) groups is 3. The number of rotatable bonds is 9. The second kappa shape index (κ2) is 10.7. The molecule has 0 unspecified atom stereocenters. The Hall–Kier alpha value is -3.75. The molecule has 2 amide bonds. The number of benzene rings is 2. The van der Waals surface area contributed by atoms with E-state index in [1.807, 2.05) is 6.92 Å². The summed E-state index contributed by atoms with van der Waals surface area (Å²) in [5, 5.41) is 5.02. The zero-order valence-electron chi connectivity index (χ0n) is 17.2. The average Bonchev–Trinajstić information content (AvgIpc) is 2.75. The zero-order valence-corrected chi connectivity index (χ0v) is 17.2. The van der Waals surface area contributed by atoms with E-state index in [0.717, 1.165) is 5.56 Å². The highest BCUT2D eigenvalue weighted by Gasteiger charge is 2.15. The molecule has 2 aromatic carbocycles. The minimum atomic E-state index is -0.740. The lowest BCUT2D eigenvalue weighted by Gasteiger charge is -2.14. The summed E-state index contributed by atoms with van der Waals surface area (Å²) >= 11 is 0. The van der Waals surface area contributed by atoms with Crippen molar-refractivity contribution in [3.05, 3.63) is 47.5 Å². The van der Waals surface area contributed by atoms with Crippen LogP contribution in [-0.4, -0.2) is 52.3 Å². The number of hydrogen-bond acceptors (Lipinski definition) is 7. The van der Waals surface area contributed by atoms with Gasteiger partial charge in [-0.15, -0.1) is 0 Å². The van der Waals surface area contributed by atoms with E-state index in [9.17, 15) is 14.4 Å². The van der Waals surface area contributed by atoms with Crippen molar-refractivity contribution in [3.63, 3.8) is 0 Å². The van der Waals surface area contributed by atoms with Crippen LogP contribution in [0.1, 0.15) is 15.9 Å². The van der Waals surface area contributed by atoms with Gasteiger partial charge in [-0.05, 0) is 19.1 Å². The number of methoxy groups -OCH3 is 3. The molecule has 0 fully saturated rings. The van der Waals surface area contributed by atoms with Gasteiger partial charge < -0.3 is 29.6 Å². The molecule has 0 saturated carbocycles. The van der Waals surface area contributed by atoms with Crippen LogP contribution >= 0.6 is 0 Å². The predicted molar refractivity (Wildman–Crippen MR) is 109 cm³/mol. The van der Waals surface area contributed by atoms with Crippen LogP contribution in [0.5, 0.6) is 17.2 Å². The lowest BCUT2D eigenvalue weighted by atomic mass is 10.1. The fourth-order valence-corrected chi connectivity index (χ4v) is 2.51. The van der Waals surface area contributed by atoms with Gasteiger partial charge in [-0.1, -0.05) is 17.7 Å². The Morgan fingerprint density at radius 2 is 1.50 bits per heavy atom. The Bertz CT molecular complexity index is 885. The van der Waals surface area contributed by atoms with Crippen LogP contribution in [-0.2, 0) is 14.3 Å². The Labute approximate surface area is 174 Å². The fourth-order valence-electron chi connectivity index (χ4n) is 2.51. The van der Waals surface area contributed by atoms with E-state index in [0.29, 0.717) is 28.5 Å². The Morgan fingerprint density at radius 3 is 2.03 bits per heavy atom. The fraction of sp³-hybridized carbons (Fsp3) is 0.286. The molecule has 0 bridgehead atoms. The number of anilines is 1. The van der Waals surface area contributed by atoms with Crippen LogP contribution in [0, 0.1) is 6.92 Å². The zero-order chi connectivity index (χ0) is 22.1. The molecular formula is C21H24N2O7. The molecule has 0 saturated heterocycles. The van der Waals surface area contributed by atoms with E-state index in [2.05, 4.69) is 10.6 Å². The molecule has 2 N–H and O–H groups in total. The van der Waals surface area contributed by atoms with Gasteiger partial charge in [0.25, 0.3) is 11.8 Å². The van der Waals surface area contributed by atoms with Crippen molar-refractivity contribution in [1.29, 1.82) is 0 Å². The summed E-state index contributed by atoms with van der Waals surface area (Å²) in [5.74, 6) is -0.605. The van der Waals surface area contributed by atoms with Crippen LogP contribution in [0.15, 0.2) is 36.4 Å². The lowest BCUT2D eigenvalue weighted by Crippen LogP contribution is -2.32. The quantitative estimate of drug-likeness (QED) is 0.601. The van der Waals surface area contributed by atoms with E-state index in [1.54, 1.807) is 36.4 Å². The Morgan fingerprint density at radius 1 is 0.900 bits per heavy atom. The first kappa shape index (κ1) is 22.5. The van der Waals surface area contributed by atoms with Gasteiger partial charge in [0.1, 0.15) is 6.54 Å². The van der Waals surface area contributed by atoms with Crippen molar-refractivity contribution >= 4 is 23.5 Å². The molecule has 0 atom stereocenters. The molecule has 160 valence electrons. The number of nitrogens with one attached hydrogen (secondary N) is 2. The maximum Gasteiger partial charge on any atom is 0.325 e. The van der Waals surface area contributed by atoms with Crippen molar-refractivity contribution in [2.24, 2.45) is 0 Å². The van der Waals surface area contributed by atoms with Gasteiger partial charge in [0, 0.05) is 23.4 Å². The number of esters is 1. The first-order chi connectivity index (χ1) is 14.4. The molecule has 0 aliphatic carbocycles. The van der Waals surface area contributed by atoms with Crippen molar-refractivity contribution in [1.82, 2.24) is 5.32 Å². The topological polar surface area (TPSA) is 112 Å². The third-order valence-corrected chi connectivity index (χ3v) is 4.02. The number of aryl methyl sites for hydroxylation is 1. The first-order valence-corrected chi connectivity index (χ1v) is 8.98. The van der Waals surface area contributed by atoms with E-state index in [1.165, 1.54) is 21.3 Å². The molecule has 2 aromatic rings. The normalized spacial score (nSPS) is 10.0. The van der Waals surface area contributed by atoms with Gasteiger partial charge in [-0.2, -0.15) is 0 Å². The second-order valence-electron chi connectivity index (χ2n) is 6.17. The van der Waals surface area contributed by atoms with E-state index >= 15 is 0 Å². The highest BCUT2D eigenvalue weighted by molar-refractivity contribution is 5.96. The highest BCUT2D eigenvalue weighted by atomic mass is 16.5. The summed E-state index contributed by atoms with van der Waals surface area (Å²) in [6.45, 7) is 1.03. The van der Waals surface area contributed by atoms with Crippen LogP contribution < -0.4 is 24.8 Å². The van der Waals surface area contributed by atoms with Crippen molar-refractivity contribution in [2.75, 3.05) is 39.8 Å². The van der Waals surface area contributed by atoms with E-state index < -0.39 is 24.4 Å². The van der Waals surface area contributed by atoms with Crippen molar-refractivity contribution < 1.29 is 33.3 Å². The van der Waals surface area contributed by atoms with Crippen LogP contribution in [0.4, 0.5) is 5.69 Å². The van der Waals surface area contributed by atoms with Gasteiger partial charge >= 0.3 is 5.97 Å². The molecule has 0 aliphatic heterocycles. The summed E-state index contributed by atoms with van der Waals surface area (Å²) in [6.07, 6.45) is 0. The molecule has 0 heterocycles. The molecule has 0 aromatic heterocycles. The Balaban J connectivity index is 1.84. The second-order valence-corrected chi connectivity index (χ2v) is 6.17. The van der Waals surface area contributed by atoms with Crippen molar-refractivity contribution in [3.8, 4) is 17.2 Å². The summed E-state index contributed by atoms with van der Waals surface area (Å²) < 4.78 is 20.5. The van der Waals surface area contributed by atoms with Crippen LogP contribution in [0.3, 0.4) is 0 Å². The minimum Gasteiger partial charge on any atom is -0.493 e. The molecule has 0 spiro atoms.